The monoisotopic (exact) mass is 284 g/mol. The minimum absolute atomic E-state index is 0.342. The van der Waals surface area contributed by atoms with E-state index in [-0.39, 0.29) is 0 Å². The van der Waals surface area contributed by atoms with Gasteiger partial charge in [-0.05, 0) is 50.7 Å². The van der Waals surface area contributed by atoms with Crippen molar-refractivity contribution in [3.05, 3.63) is 59.3 Å². The zero-order valence-corrected chi connectivity index (χ0v) is 14.0. The Morgan fingerprint density at radius 2 is 1.86 bits per heavy atom. The quantitative estimate of drug-likeness (QED) is 0.279. The summed E-state index contributed by atoms with van der Waals surface area (Å²) in [5, 5.41) is 0. The molecule has 0 spiro atoms. The first-order chi connectivity index (χ1) is 9.86. The lowest BCUT2D eigenvalue weighted by molar-refractivity contribution is -0.104. The van der Waals surface area contributed by atoms with Crippen LogP contribution < -0.4 is 0 Å². The van der Waals surface area contributed by atoms with Crippen molar-refractivity contribution < 1.29 is 4.79 Å². The third-order valence-electron chi connectivity index (χ3n) is 4.19. The number of aldehydes is 1. The topological polar surface area (TPSA) is 17.1 Å². The molecule has 114 valence electrons. The molecule has 1 nitrogen and oxygen atoms in total. The van der Waals surface area contributed by atoms with Gasteiger partial charge in [-0.1, -0.05) is 61.4 Å². The van der Waals surface area contributed by atoms with Gasteiger partial charge in [0.2, 0.25) is 0 Å². The van der Waals surface area contributed by atoms with Crippen LogP contribution in [0.5, 0.6) is 0 Å². The van der Waals surface area contributed by atoms with E-state index in [2.05, 4.69) is 52.0 Å². The second-order valence-electron chi connectivity index (χ2n) is 6.63. The first-order valence-corrected chi connectivity index (χ1v) is 7.68. The normalized spacial score (nSPS) is 23.7. The smallest absolute Gasteiger partial charge is 0.143 e. The van der Waals surface area contributed by atoms with E-state index in [0.717, 1.165) is 11.9 Å². The molecule has 0 amide bonds. The predicted molar refractivity (Wildman–Crippen MR) is 92.1 cm³/mol. The Bertz CT molecular complexity index is 510. The predicted octanol–water partition coefficient (Wildman–Crippen LogP) is 5.57. The van der Waals surface area contributed by atoms with Crippen molar-refractivity contribution >= 4 is 6.29 Å². The van der Waals surface area contributed by atoms with Crippen LogP contribution in [0.25, 0.3) is 0 Å². The van der Waals surface area contributed by atoms with Crippen LogP contribution in [0, 0.1) is 11.3 Å². The molecule has 0 fully saturated rings. The lowest BCUT2D eigenvalue weighted by atomic mass is 9.68. The second kappa shape index (κ2) is 7.97. The summed E-state index contributed by atoms with van der Waals surface area (Å²) >= 11 is 0. The molecule has 0 aromatic rings. The van der Waals surface area contributed by atoms with Crippen LogP contribution in [0.1, 0.15) is 47.5 Å². The third kappa shape index (κ3) is 5.71. The van der Waals surface area contributed by atoms with Gasteiger partial charge in [-0.3, -0.25) is 4.79 Å². The number of hydrogen-bond donors (Lipinski definition) is 0. The Hall–Kier alpha value is -1.63. The van der Waals surface area contributed by atoms with Crippen molar-refractivity contribution in [2.24, 2.45) is 11.3 Å². The molecular formula is C20H28O. The van der Waals surface area contributed by atoms with Crippen molar-refractivity contribution in [2.75, 3.05) is 0 Å². The highest BCUT2D eigenvalue weighted by molar-refractivity contribution is 5.66. The summed E-state index contributed by atoms with van der Waals surface area (Å²) in [6.07, 6.45) is 17.7. The zero-order chi connectivity index (χ0) is 15.9. The Kier molecular flexibility index (Phi) is 6.61. The number of carbonyl (C=O) groups is 1. The number of carbonyl (C=O) groups excluding carboxylic acids is 1. The highest BCUT2D eigenvalue weighted by atomic mass is 16.1. The molecule has 1 unspecified atom stereocenters. The van der Waals surface area contributed by atoms with E-state index in [4.69, 9.17) is 0 Å². The summed E-state index contributed by atoms with van der Waals surface area (Å²) < 4.78 is 0. The van der Waals surface area contributed by atoms with E-state index in [0.29, 0.717) is 11.3 Å². The van der Waals surface area contributed by atoms with E-state index >= 15 is 0 Å². The van der Waals surface area contributed by atoms with Gasteiger partial charge in [-0.2, -0.15) is 0 Å². The summed E-state index contributed by atoms with van der Waals surface area (Å²) in [6.45, 7) is 11.0. The van der Waals surface area contributed by atoms with Gasteiger partial charge in [0.1, 0.15) is 6.29 Å². The highest BCUT2D eigenvalue weighted by Crippen LogP contribution is 2.41. The van der Waals surface area contributed by atoms with Crippen LogP contribution in [0.3, 0.4) is 0 Å². The lowest BCUT2D eigenvalue weighted by Gasteiger charge is -2.36. The van der Waals surface area contributed by atoms with E-state index in [9.17, 15) is 4.79 Å². The van der Waals surface area contributed by atoms with Gasteiger partial charge >= 0.3 is 0 Å². The number of hydrogen-bond acceptors (Lipinski definition) is 1. The fourth-order valence-corrected chi connectivity index (χ4v) is 2.80. The summed E-state index contributed by atoms with van der Waals surface area (Å²) in [6, 6.07) is 0. The van der Waals surface area contributed by atoms with Gasteiger partial charge in [0, 0.05) is 5.92 Å². The van der Waals surface area contributed by atoms with Crippen LogP contribution in [0.2, 0.25) is 0 Å². The first-order valence-electron chi connectivity index (χ1n) is 7.68. The van der Waals surface area contributed by atoms with Crippen LogP contribution in [0.15, 0.2) is 59.3 Å². The van der Waals surface area contributed by atoms with Gasteiger partial charge in [0.15, 0.2) is 0 Å². The molecule has 0 aromatic carbocycles. The average molecular weight is 284 g/mol. The van der Waals surface area contributed by atoms with Crippen LogP contribution in [-0.4, -0.2) is 6.29 Å². The fraction of sp³-hybridized carbons (Fsp3) is 0.450. The maximum Gasteiger partial charge on any atom is 0.143 e. The van der Waals surface area contributed by atoms with E-state index in [1.54, 1.807) is 6.08 Å². The van der Waals surface area contributed by atoms with Crippen LogP contribution in [0.4, 0.5) is 0 Å². The van der Waals surface area contributed by atoms with Crippen molar-refractivity contribution in [1.29, 1.82) is 0 Å². The molecule has 0 aromatic heterocycles. The van der Waals surface area contributed by atoms with Gasteiger partial charge in [0.25, 0.3) is 0 Å². The molecule has 0 radical (unpaired) electrons. The molecule has 0 saturated heterocycles. The molecule has 0 aliphatic heterocycles. The van der Waals surface area contributed by atoms with Crippen molar-refractivity contribution in [3.8, 4) is 0 Å². The Morgan fingerprint density at radius 1 is 1.19 bits per heavy atom. The SMILES string of the molecule is CC1=CCCC(C)(C)C1/C=C/C(C)=C\C=C\C(C)=C\C=O. The zero-order valence-electron chi connectivity index (χ0n) is 14.0. The number of allylic oxidation sites excluding steroid dienone is 10. The Morgan fingerprint density at radius 3 is 2.48 bits per heavy atom. The highest BCUT2D eigenvalue weighted by Gasteiger charge is 2.30. The maximum absolute atomic E-state index is 10.3. The van der Waals surface area contributed by atoms with E-state index in [1.807, 2.05) is 19.1 Å². The second-order valence-corrected chi connectivity index (χ2v) is 6.63. The molecule has 0 N–H and O–H groups in total. The summed E-state index contributed by atoms with van der Waals surface area (Å²) in [5.41, 5.74) is 4.01. The summed E-state index contributed by atoms with van der Waals surface area (Å²) in [7, 11) is 0. The molecular weight excluding hydrogens is 256 g/mol. The van der Waals surface area contributed by atoms with Crippen molar-refractivity contribution in [2.45, 2.75) is 47.5 Å². The minimum Gasteiger partial charge on any atom is -0.299 e. The van der Waals surface area contributed by atoms with E-state index < -0.39 is 0 Å². The average Bonchev–Trinajstić information content (AvgIpc) is 2.37. The Balaban J connectivity index is 2.75. The molecule has 1 heteroatoms. The Labute approximate surface area is 129 Å². The summed E-state index contributed by atoms with van der Waals surface area (Å²) in [5.74, 6) is 0.523. The standard InChI is InChI=1S/C20H28O/c1-16(8-6-9-17(2)13-15-21)11-12-19-18(3)10-7-14-20(19,4)5/h6,8-13,15,19H,7,14H2,1-5H3/b9-6+,12-11+,16-8-,17-13+. The van der Waals surface area contributed by atoms with Gasteiger partial charge < -0.3 is 0 Å². The minimum atomic E-state index is 0.342. The van der Waals surface area contributed by atoms with E-state index in [1.165, 1.54) is 24.0 Å². The molecule has 1 aliphatic carbocycles. The molecule has 0 heterocycles. The molecule has 1 aliphatic rings. The summed E-state index contributed by atoms with van der Waals surface area (Å²) in [4.78, 5) is 10.3. The third-order valence-corrected chi connectivity index (χ3v) is 4.19. The van der Waals surface area contributed by atoms with Crippen molar-refractivity contribution in [1.82, 2.24) is 0 Å². The van der Waals surface area contributed by atoms with Crippen LogP contribution in [-0.2, 0) is 4.79 Å². The largest absolute Gasteiger partial charge is 0.299 e. The molecule has 1 rings (SSSR count). The van der Waals surface area contributed by atoms with Crippen LogP contribution >= 0.6 is 0 Å². The number of rotatable bonds is 5. The lowest BCUT2D eigenvalue weighted by Crippen LogP contribution is -2.26. The van der Waals surface area contributed by atoms with Gasteiger partial charge in [-0.15, -0.1) is 0 Å². The van der Waals surface area contributed by atoms with Gasteiger partial charge in [-0.25, -0.2) is 0 Å². The molecule has 0 saturated carbocycles. The molecule has 21 heavy (non-hydrogen) atoms. The molecule has 0 bridgehead atoms. The maximum atomic E-state index is 10.3. The molecule has 1 atom stereocenters. The van der Waals surface area contributed by atoms with Gasteiger partial charge in [0.05, 0.1) is 0 Å². The fourth-order valence-electron chi connectivity index (χ4n) is 2.80. The van der Waals surface area contributed by atoms with Crippen molar-refractivity contribution in [3.63, 3.8) is 0 Å². The first kappa shape index (κ1) is 17.4.